The largest absolute Gasteiger partial charge is 0.416 e. The standard InChI is InChI=1S/C19H15F3N6O3/c20-19(21,22)11-2-1-3-12(7-11)25-5-4-14(23)27-15(29)6-10-8-24-9-13-16(10)17(30)28-18(31)26-13/h1-3,5,7-9H,4,6H2,(H2,23,27,29)(H2,26,28,30,31). The van der Waals surface area contributed by atoms with Crippen LogP contribution in [0.3, 0.4) is 0 Å². The molecule has 2 heterocycles. The quantitative estimate of drug-likeness (QED) is 0.416. The van der Waals surface area contributed by atoms with E-state index in [4.69, 9.17) is 5.73 Å². The number of alkyl halides is 3. The molecule has 1 aromatic carbocycles. The van der Waals surface area contributed by atoms with Gasteiger partial charge in [-0.2, -0.15) is 13.2 Å². The molecule has 0 aliphatic rings. The molecule has 0 spiro atoms. The molecule has 0 aliphatic carbocycles. The molecule has 9 nitrogen and oxygen atoms in total. The molecule has 31 heavy (non-hydrogen) atoms. The first-order chi connectivity index (χ1) is 14.6. The topological polar surface area (TPSA) is 146 Å². The molecule has 0 atom stereocenters. The van der Waals surface area contributed by atoms with Crippen LogP contribution in [-0.2, 0) is 17.4 Å². The normalized spacial score (nSPS) is 12.5. The van der Waals surface area contributed by atoms with Crippen LogP contribution in [0, 0.1) is 0 Å². The Morgan fingerprint density at radius 3 is 2.71 bits per heavy atom. The summed E-state index contributed by atoms with van der Waals surface area (Å²) in [5.41, 5.74) is 3.96. The molecule has 0 fully saturated rings. The highest BCUT2D eigenvalue weighted by Gasteiger charge is 2.30. The van der Waals surface area contributed by atoms with Gasteiger partial charge in [-0.25, -0.2) is 9.79 Å². The molecule has 4 N–H and O–H groups in total. The summed E-state index contributed by atoms with van der Waals surface area (Å²) >= 11 is 0. The van der Waals surface area contributed by atoms with E-state index in [1.165, 1.54) is 30.7 Å². The van der Waals surface area contributed by atoms with Crippen molar-refractivity contribution in [1.82, 2.24) is 15.0 Å². The van der Waals surface area contributed by atoms with Gasteiger partial charge in [-0.15, -0.1) is 0 Å². The summed E-state index contributed by atoms with van der Waals surface area (Å²) in [5.74, 6) is -0.791. The number of benzene rings is 1. The Balaban J connectivity index is 1.70. The molecule has 1 amide bonds. The average Bonchev–Trinajstić information content (AvgIpc) is 2.67. The summed E-state index contributed by atoms with van der Waals surface area (Å²) in [6, 6.07) is 4.42. The van der Waals surface area contributed by atoms with Gasteiger partial charge in [-0.1, -0.05) is 6.07 Å². The number of pyridine rings is 1. The van der Waals surface area contributed by atoms with E-state index in [1.807, 2.05) is 0 Å². The monoisotopic (exact) mass is 432 g/mol. The third kappa shape index (κ3) is 5.50. The number of H-pyrrole nitrogens is 2. The van der Waals surface area contributed by atoms with Crippen molar-refractivity contribution in [3.63, 3.8) is 0 Å². The van der Waals surface area contributed by atoms with Gasteiger partial charge in [0, 0.05) is 18.8 Å². The molecular weight excluding hydrogens is 417 g/mol. The molecule has 0 bridgehead atoms. The highest BCUT2D eigenvalue weighted by Crippen LogP contribution is 2.31. The van der Waals surface area contributed by atoms with Crippen molar-refractivity contribution in [3.05, 3.63) is 68.6 Å². The number of aliphatic imine (C=N–C) groups is 2. The second-order valence-corrected chi connectivity index (χ2v) is 6.37. The van der Waals surface area contributed by atoms with Crippen LogP contribution in [-0.4, -0.2) is 32.9 Å². The summed E-state index contributed by atoms with van der Waals surface area (Å²) in [6.45, 7) is 0. The Labute approximate surface area is 171 Å². The van der Waals surface area contributed by atoms with Crippen LogP contribution in [0.2, 0.25) is 0 Å². The van der Waals surface area contributed by atoms with Crippen LogP contribution >= 0.6 is 0 Å². The number of fused-ring (bicyclic) bond motifs is 1. The number of aromatic amines is 2. The van der Waals surface area contributed by atoms with E-state index < -0.39 is 28.9 Å². The molecule has 3 rings (SSSR count). The minimum absolute atomic E-state index is 0.0731. The fourth-order valence-corrected chi connectivity index (χ4v) is 2.74. The van der Waals surface area contributed by atoms with Crippen LogP contribution < -0.4 is 17.0 Å². The summed E-state index contributed by atoms with van der Waals surface area (Å²) in [7, 11) is 0. The van der Waals surface area contributed by atoms with Gasteiger partial charge in [-0.3, -0.25) is 24.5 Å². The number of rotatable bonds is 5. The zero-order chi connectivity index (χ0) is 22.6. The fourth-order valence-electron chi connectivity index (χ4n) is 2.74. The van der Waals surface area contributed by atoms with Gasteiger partial charge in [0.1, 0.15) is 5.84 Å². The van der Waals surface area contributed by atoms with Crippen molar-refractivity contribution in [2.75, 3.05) is 0 Å². The number of amides is 1. The number of carbonyl (C=O) groups excluding carboxylic acids is 1. The molecule has 0 aliphatic heterocycles. The minimum Gasteiger partial charge on any atom is -0.387 e. The maximum atomic E-state index is 12.7. The third-order valence-electron chi connectivity index (χ3n) is 4.05. The molecule has 0 radical (unpaired) electrons. The molecule has 0 saturated carbocycles. The summed E-state index contributed by atoms with van der Waals surface area (Å²) in [4.78, 5) is 51.5. The number of hydrogen-bond acceptors (Lipinski definition) is 5. The number of nitrogens with zero attached hydrogens (tertiary/aromatic N) is 3. The number of halogens is 3. The van der Waals surface area contributed by atoms with Crippen molar-refractivity contribution in [3.8, 4) is 0 Å². The Hall–Kier alpha value is -4.09. The summed E-state index contributed by atoms with van der Waals surface area (Å²) in [5, 5.41) is 0.0998. The molecule has 12 heteroatoms. The van der Waals surface area contributed by atoms with Gasteiger partial charge < -0.3 is 10.7 Å². The lowest BCUT2D eigenvalue weighted by molar-refractivity contribution is -0.137. The van der Waals surface area contributed by atoms with Crippen LogP contribution in [0.25, 0.3) is 10.9 Å². The number of amidine groups is 1. The van der Waals surface area contributed by atoms with Crippen LogP contribution in [0.1, 0.15) is 17.5 Å². The lowest BCUT2D eigenvalue weighted by Crippen LogP contribution is -2.23. The number of hydrogen-bond donors (Lipinski definition) is 3. The number of nitrogens with two attached hydrogens (primary N) is 1. The van der Waals surface area contributed by atoms with E-state index in [0.29, 0.717) is 0 Å². The van der Waals surface area contributed by atoms with Crippen LogP contribution in [0.15, 0.2) is 56.2 Å². The molecule has 3 aromatic rings. The first-order valence-electron chi connectivity index (χ1n) is 8.78. The van der Waals surface area contributed by atoms with Gasteiger partial charge >= 0.3 is 11.9 Å². The van der Waals surface area contributed by atoms with E-state index in [9.17, 15) is 27.6 Å². The lowest BCUT2D eigenvalue weighted by Gasteiger charge is -2.06. The molecule has 0 unspecified atom stereocenters. The van der Waals surface area contributed by atoms with E-state index in [0.717, 1.165) is 12.1 Å². The second kappa shape index (κ2) is 8.73. The minimum atomic E-state index is -4.48. The zero-order valence-corrected chi connectivity index (χ0v) is 15.7. The highest BCUT2D eigenvalue weighted by atomic mass is 19.4. The highest BCUT2D eigenvalue weighted by molar-refractivity contribution is 6.01. The third-order valence-corrected chi connectivity index (χ3v) is 4.05. The summed E-state index contributed by atoms with van der Waals surface area (Å²) in [6.07, 6.45) is -1.05. The Morgan fingerprint density at radius 1 is 1.19 bits per heavy atom. The first kappa shape index (κ1) is 21.6. The number of nitrogens with one attached hydrogen (secondary N) is 2. The lowest BCUT2D eigenvalue weighted by atomic mass is 10.1. The number of carbonyl (C=O) groups is 1. The van der Waals surface area contributed by atoms with Crippen LogP contribution in [0.5, 0.6) is 0 Å². The maximum Gasteiger partial charge on any atom is 0.416 e. The molecule has 160 valence electrons. The van der Waals surface area contributed by atoms with Crippen molar-refractivity contribution in [2.45, 2.75) is 19.0 Å². The molecule has 0 saturated heterocycles. The Bertz CT molecular complexity index is 1310. The first-order valence-corrected chi connectivity index (χ1v) is 8.78. The van der Waals surface area contributed by atoms with Crippen molar-refractivity contribution >= 4 is 34.5 Å². The number of aromatic nitrogens is 3. The predicted octanol–water partition coefficient (Wildman–Crippen LogP) is 1.85. The van der Waals surface area contributed by atoms with E-state index >= 15 is 0 Å². The van der Waals surface area contributed by atoms with Gasteiger partial charge in [0.15, 0.2) is 0 Å². The molecular formula is C19H15F3N6O3. The van der Waals surface area contributed by atoms with Gasteiger partial charge in [-0.05, 0) is 23.8 Å². The van der Waals surface area contributed by atoms with E-state index in [2.05, 4.69) is 24.9 Å². The van der Waals surface area contributed by atoms with E-state index in [1.54, 1.807) is 0 Å². The van der Waals surface area contributed by atoms with Gasteiger partial charge in [0.2, 0.25) is 0 Å². The van der Waals surface area contributed by atoms with Gasteiger partial charge in [0.25, 0.3) is 11.5 Å². The Morgan fingerprint density at radius 2 is 1.97 bits per heavy atom. The van der Waals surface area contributed by atoms with Crippen molar-refractivity contribution in [2.24, 2.45) is 15.7 Å². The van der Waals surface area contributed by atoms with Crippen molar-refractivity contribution < 1.29 is 18.0 Å². The van der Waals surface area contributed by atoms with E-state index in [-0.39, 0.29) is 40.8 Å². The predicted molar refractivity (Wildman–Crippen MR) is 108 cm³/mol. The SMILES string of the molecule is NC(CC=Nc1cccc(C(F)(F)F)c1)=NC(=O)Cc1cncc2[nH]c(=O)[nH]c(=O)c12. The average molecular weight is 432 g/mol. The van der Waals surface area contributed by atoms with Crippen molar-refractivity contribution in [1.29, 1.82) is 0 Å². The van der Waals surface area contributed by atoms with Gasteiger partial charge in [0.05, 0.1) is 34.8 Å². The maximum absolute atomic E-state index is 12.7. The van der Waals surface area contributed by atoms with Crippen LogP contribution in [0.4, 0.5) is 18.9 Å². The fraction of sp³-hybridized carbons (Fsp3) is 0.158. The Kier molecular flexibility index (Phi) is 6.09. The second-order valence-electron chi connectivity index (χ2n) is 6.37. The summed E-state index contributed by atoms with van der Waals surface area (Å²) < 4.78 is 38.1. The smallest absolute Gasteiger partial charge is 0.387 e. The molecule has 2 aromatic heterocycles. The zero-order valence-electron chi connectivity index (χ0n) is 15.7.